The molecule has 0 unspecified atom stereocenters. The summed E-state index contributed by atoms with van der Waals surface area (Å²) < 4.78 is 26.5. The van der Waals surface area contributed by atoms with Crippen molar-refractivity contribution in [2.24, 2.45) is 5.14 Å². The summed E-state index contributed by atoms with van der Waals surface area (Å²) >= 11 is 0. The number of primary sulfonamides is 1. The van der Waals surface area contributed by atoms with Crippen molar-refractivity contribution in [3.05, 3.63) is 24.3 Å². The molecule has 1 rings (SSSR count). The van der Waals surface area contributed by atoms with Crippen molar-refractivity contribution in [2.45, 2.75) is 4.90 Å². The fourth-order valence-corrected chi connectivity index (χ4v) is 1.33. The van der Waals surface area contributed by atoms with Crippen molar-refractivity contribution < 1.29 is 13.2 Å². The van der Waals surface area contributed by atoms with Gasteiger partial charge in [-0.25, -0.2) is 13.6 Å². The summed E-state index contributed by atoms with van der Waals surface area (Å²) in [7, 11) is -2.15. The van der Waals surface area contributed by atoms with E-state index < -0.39 is 10.0 Å². The van der Waals surface area contributed by atoms with Gasteiger partial charge in [-0.1, -0.05) is 6.07 Å². The number of nitrogens with two attached hydrogens (primary N) is 1. The van der Waals surface area contributed by atoms with Gasteiger partial charge in [-0.3, -0.25) is 0 Å². The van der Waals surface area contributed by atoms with E-state index in [2.05, 4.69) is 0 Å². The third kappa shape index (κ3) is 1.96. The van der Waals surface area contributed by atoms with Gasteiger partial charge in [0.15, 0.2) is 0 Å². The second kappa shape index (κ2) is 3.12. The molecule has 0 saturated carbocycles. The normalized spacial score (nSPS) is 11.2. The van der Waals surface area contributed by atoms with Crippen molar-refractivity contribution in [3.8, 4) is 5.75 Å². The van der Waals surface area contributed by atoms with Gasteiger partial charge in [0.2, 0.25) is 10.0 Å². The van der Waals surface area contributed by atoms with Crippen LogP contribution in [-0.4, -0.2) is 15.5 Å². The molecule has 1 aromatic carbocycles. The molecule has 0 amide bonds. The molecule has 0 spiro atoms. The first kappa shape index (κ1) is 9.02. The van der Waals surface area contributed by atoms with E-state index in [-0.39, 0.29) is 4.90 Å². The molecular weight excluding hydrogens is 178 g/mol. The topological polar surface area (TPSA) is 69.4 Å². The van der Waals surface area contributed by atoms with Crippen LogP contribution in [0, 0.1) is 0 Å². The summed E-state index contributed by atoms with van der Waals surface area (Å²) in [6.45, 7) is 0. The van der Waals surface area contributed by atoms with Crippen molar-refractivity contribution in [3.63, 3.8) is 0 Å². The highest BCUT2D eigenvalue weighted by Gasteiger charge is 2.07. The number of hydrogen-bond acceptors (Lipinski definition) is 3. The Hall–Kier alpha value is -1.07. The summed E-state index contributed by atoms with van der Waals surface area (Å²) in [6, 6.07) is 6.00. The standard InChI is InChI=1S/C7H9NO3S/c1-11-6-3-2-4-7(5-6)12(8,9)10/h2-5H,1H3,(H2,8,9,10). The first-order chi connectivity index (χ1) is 5.54. The highest BCUT2D eigenvalue weighted by atomic mass is 32.2. The van der Waals surface area contributed by atoms with Gasteiger partial charge in [-0.2, -0.15) is 0 Å². The SMILES string of the molecule is COc1cccc(S(N)(=O)=O)c1. The maximum absolute atomic E-state index is 10.8. The molecule has 0 aliphatic heterocycles. The van der Waals surface area contributed by atoms with Crippen LogP contribution in [0.2, 0.25) is 0 Å². The third-order valence-electron chi connectivity index (χ3n) is 1.37. The Morgan fingerprint density at radius 1 is 1.42 bits per heavy atom. The quantitative estimate of drug-likeness (QED) is 0.726. The molecule has 0 aromatic heterocycles. The lowest BCUT2D eigenvalue weighted by atomic mass is 10.3. The molecule has 0 aliphatic carbocycles. The second-order valence-electron chi connectivity index (χ2n) is 2.22. The van der Waals surface area contributed by atoms with E-state index in [0.29, 0.717) is 5.75 Å². The lowest BCUT2D eigenvalue weighted by Crippen LogP contribution is -2.11. The molecule has 5 heteroatoms. The van der Waals surface area contributed by atoms with Crippen LogP contribution >= 0.6 is 0 Å². The van der Waals surface area contributed by atoms with Crippen molar-refractivity contribution in [1.82, 2.24) is 0 Å². The Morgan fingerprint density at radius 3 is 2.58 bits per heavy atom. The Morgan fingerprint density at radius 2 is 2.08 bits per heavy atom. The van der Waals surface area contributed by atoms with Gasteiger partial charge in [0.05, 0.1) is 12.0 Å². The zero-order valence-corrected chi connectivity index (χ0v) is 7.34. The molecule has 0 atom stereocenters. The fraction of sp³-hybridized carbons (Fsp3) is 0.143. The summed E-state index contributed by atoms with van der Waals surface area (Å²) in [5.41, 5.74) is 0. The molecule has 0 heterocycles. The maximum atomic E-state index is 10.8. The number of benzene rings is 1. The van der Waals surface area contributed by atoms with Crippen LogP contribution in [0.3, 0.4) is 0 Å². The van der Waals surface area contributed by atoms with Gasteiger partial charge in [-0.05, 0) is 12.1 Å². The van der Waals surface area contributed by atoms with Crippen LogP contribution in [-0.2, 0) is 10.0 Å². The Kier molecular flexibility index (Phi) is 2.35. The third-order valence-corrected chi connectivity index (χ3v) is 2.28. The monoisotopic (exact) mass is 187 g/mol. The average Bonchev–Trinajstić information content (AvgIpc) is 2.03. The first-order valence-electron chi connectivity index (χ1n) is 3.21. The van der Waals surface area contributed by atoms with Crippen LogP contribution in [0.4, 0.5) is 0 Å². The van der Waals surface area contributed by atoms with Crippen LogP contribution in [0.1, 0.15) is 0 Å². The summed E-state index contributed by atoms with van der Waals surface area (Å²) in [4.78, 5) is 0.0573. The summed E-state index contributed by atoms with van der Waals surface area (Å²) in [6.07, 6.45) is 0. The first-order valence-corrected chi connectivity index (χ1v) is 4.75. The van der Waals surface area contributed by atoms with E-state index in [1.807, 2.05) is 0 Å². The summed E-state index contributed by atoms with van der Waals surface area (Å²) in [5.74, 6) is 0.474. The minimum atomic E-state index is -3.62. The largest absolute Gasteiger partial charge is 0.497 e. The van der Waals surface area contributed by atoms with E-state index in [1.165, 1.54) is 19.2 Å². The Balaban J connectivity index is 3.20. The number of sulfonamides is 1. The molecule has 66 valence electrons. The molecule has 0 saturated heterocycles. The molecule has 0 fully saturated rings. The van der Waals surface area contributed by atoms with Gasteiger partial charge in [0, 0.05) is 6.07 Å². The highest BCUT2D eigenvalue weighted by molar-refractivity contribution is 7.89. The van der Waals surface area contributed by atoms with Gasteiger partial charge in [-0.15, -0.1) is 0 Å². The van der Waals surface area contributed by atoms with E-state index in [1.54, 1.807) is 12.1 Å². The predicted octanol–water partition coefficient (Wildman–Crippen LogP) is 0.343. The maximum Gasteiger partial charge on any atom is 0.238 e. The highest BCUT2D eigenvalue weighted by Crippen LogP contribution is 2.15. The van der Waals surface area contributed by atoms with Crippen LogP contribution < -0.4 is 9.88 Å². The van der Waals surface area contributed by atoms with Crippen molar-refractivity contribution >= 4 is 10.0 Å². The molecule has 0 aliphatic rings. The zero-order valence-electron chi connectivity index (χ0n) is 6.52. The number of hydrogen-bond donors (Lipinski definition) is 1. The van der Waals surface area contributed by atoms with Gasteiger partial charge in [0.25, 0.3) is 0 Å². The fourth-order valence-electron chi connectivity index (χ4n) is 0.778. The van der Waals surface area contributed by atoms with Crippen LogP contribution in [0.15, 0.2) is 29.2 Å². The minimum absolute atomic E-state index is 0.0573. The van der Waals surface area contributed by atoms with Gasteiger partial charge in [0.1, 0.15) is 5.75 Å². The molecule has 2 N–H and O–H groups in total. The molecular formula is C7H9NO3S. The van der Waals surface area contributed by atoms with Gasteiger partial charge >= 0.3 is 0 Å². The lowest BCUT2D eigenvalue weighted by molar-refractivity contribution is 0.413. The predicted molar refractivity (Wildman–Crippen MR) is 44.4 cm³/mol. The zero-order chi connectivity index (χ0) is 9.19. The molecule has 1 aromatic rings. The molecule has 12 heavy (non-hydrogen) atoms. The number of ether oxygens (including phenoxy) is 1. The van der Waals surface area contributed by atoms with Gasteiger partial charge < -0.3 is 4.74 Å². The Bertz CT molecular complexity index is 372. The number of methoxy groups -OCH3 is 1. The minimum Gasteiger partial charge on any atom is -0.497 e. The van der Waals surface area contributed by atoms with E-state index in [9.17, 15) is 8.42 Å². The second-order valence-corrected chi connectivity index (χ2v) is 3.79. The average molecular weight is 187 g/mol. The van der Waals surface area contributed by atoms with Crippen LogP contribution in [0.25, 0.3) is 0 Å². The van der Waals surface area contributed by atoms with E-state index >= 15 is 0 Å². The summed E-state index contributed by atoms with van der Waals surface area (Å²) in [5, 5.41) is 4.90. The van der Waals surface area contributed by atoms with Crippen LogP contribution in [0.5, 0.6) is 5.75 Å². The molecule has 4 nitrogen and oxygen atoms in total. The van der Waals surface area contributed by atoms with E-state index in [4.69, 9.17) is 9.88 Å². The van der Waals surface area contributed by atoms with E-state index in [0.717, 1.165) is 0 Å². The van der Waals surface area contributed by atoms with Crippen molar-refractivity contribution in [1.29, 1.82) is 0 Å². The molecule has 0 radical (unpaired) electrons. The molecule has 0 bridgehead atoms. The van der Waals surface area contributed by atoms with Crippen molar-refractivity contribution in [2.75, 3.05) is 7.11 Å². The Labute approximate surface area is 71.0 Å². The number of rotatable bonds is 2. The lowest BCUT2D eigenvalue weighted by Gasteiger charge is -2.01. The smallest absolute Gasteiger partial charge is 0.238 e.